The number of aliphatic hydroxyl groups excluding tert-OH is 1. The van der Waals surface area contributed by atoms with E-state index in [2.05, 4.69) is 0 Å². The van der Waals surface area contributed by atoms with Gasteiger partial charge < -0.3 is 14.6 Å². The number of halogens is 2. The molecule has 0 fully saturated rings. The molecule has 0 aromatic heterocycles. The maximum atomic E-state index is 13.1. The van der Waals surface area contributed by atoms with Crippen molar-refractivity contribution in [2.24, 2.45) is 0 Å². The Morgan fingerprint density at radius 3 is 2.57 bits per heavy atom. The quantitative estimate of drug-likeness (QED) is 0.903. The summed E-state index contributed by atoms with van der Waals surface area (Å²) < 4.78 is 24.0. The zero-order valence-electron chi connectivity index (χ0n) is 11.8. The molecule has 0 heterocycles. The van der Waals surface area contributed by atoms with E-state index in [4.69, 9.17) is 21.1 Å². The summed E-state index contributed by atoms with van der Waals surface area (Å²) in [6, 6.07) is 9.64. The van der Waals surface area contributed by atoms with Crippen molar-refractivity contribution >= 4 is 11.6 Å². The van der Waals surface area contributed by atoms with Crippen LogP contribution in [0.2, 0.25) is 5.02 Å². The molecule has 112 valence electrons. The molecular weight excluding hydrogens is 295 g/mol. The van der Waals surface area contributed by atoms with Gasteiger partial charge in [-0.15, -0.1) is 0 Å². The minimum atomic E-state index is -0.580. The van der Waals surface area contributed by atoms with E-state index in [-0.39, 0.29) is 11.6 Å². The van der Waals surface area contributed by atoms with Crippen molar-refractivity contribution in [2.75, 3.05) is 7.11 Å². The second-order valence-electron chi connectivity index (χ2n) is 4.62. The lowest BCUT2D eigenvalue weighted by atomic mass is 10.1. The molecule has 2 aromatic carbocycles. The monoisotopic (exact) mass is 310 g/mol. The van der Waals surface area contributed by atoms with Crippen LogP contribution in [0.3, 0.4) is 0 Å². The van der Waals surface area contributed by atoms with Crippen LogP contribution in [0.15, 0.2) is 36.4 Å². The molecular formula is C16H16ClFO3. The number of rotatable bonds is 5. The van der Waals surface area contributed by atoms with Gasteiger partial charge in [-0.05, 0) is 42.3 Å². The lowest BCUT2D eigenvalue weighted by Crippen LogP contribution is -2.00. The minimum absolute atomic E-state index is 0.0625. The fraction of sp³-hybridized carbons (Fsp3) is 0.250. The summed E-state index contributed by atoms with van der Waals surface area (Å²) in [6.45, 7) is 1.92. The highest BCUT2D eigenvalue weighted by atomic mass is 35.5. The van der Waals surface area contributed by atoms with E-state index in [0.717, 1.165) is 11.1 Å². The molecule has 0 unspecified atom stereocenters. The Labute approximate surface area is 127 Å². The highest BCUT2D eigenvalue weighted by Gasteiger charge is 2.09. The number of benzene rings is 2. The van der Waals surface area contributed by atoms with Crippen LogP contribution in [-0.4, -0.2) is 12.2 Å². The van der Waals surface area contributed by atoms with Crippen LogP contribution >= 0.6 is 11.6 Å². The summed E-state index contributed by atoms with van der Waals surface area (Å²) in [5, 5.41) is 9.61. The van der Waals surface area contributed by atoms with E-state index < -0.39 is 11.9 Å². The van der Waals surface area contributed by atoms with Gasteiger partial charge in [0.15, 0.2) is 11.5 Å². The lowest BCUT2D eigenvalue weighted by molar-refractivity contribution is 0.198. The van der Waals surface area contributed by atoms with Gasteiger partial charge in [0.25, 0.3) is 0 Å². The van der Waals surface area contributed by atoms with Gasteiger partial charge in [-0.25, -0.2) is 4.39 Å². The van der Waals surface area contributed by atoms with Crippen molar-refractivity contribution in [1.29, 1.82) is 0 Å². The third-order valence-corrected chi connectivity index (χ3v) is 3.34. The Hall–Kier alpha value is -1.78. The number of aliphatic hydroxyl groups is 1. The number of hydrogen-bond acceptors (Lipinski definition) is 3. The molecule has 1 N–H and O–H groups in total. The van der Waals surface area contributed by atoms with E-state index in [1.54, 1.807) is 31.2 Å². The average molecular weight is 311 g/mol. The Balaban J connectivity index is 2.13. The molecule has 0 spiro atoms. The highest BCUT2D eigenvalue weighted by molar-refractivity contribution is 6.30. The molecule has 0 bridgehead atoms. The van der Waals surface area contributed by atoms with Gasteiger partial charge in [-0.1, -0.05) is 23.7 Å². The Morgan fingerprint density at radius 2 is 1.95 bits per heavy atom. The van der Waals surface area contributed by atoms with Crippen molar-refractivity contribution in [1.82, 2.24) is 0 Å². The van der Waals surface area contributed by atoms with Crippen molar-refractivity contribution < 1.29 is 19.0 Å². The van der Waals surface area contributed by atoms with Gasteiger partial charge in [-0.2, -0.15) is 0 Å². The summed E-state index contributed by atoms with van der Waals surface area (Å²) in [5.74, 6) is 0.614. The van der Waals surface area contributed by atoms with E-state index in [0.29, 0.717) is 11.5 Å². The molecule has 0 radical (unpaired) electrons. The molecule has 0 aliphatic heterocycles. The van der Waals surface area contributed by atoms with E-state index in [1.807, 2.05) is 0 Å². The summed E-state index contributed by atoms with van der Waals surface area (Å²) in [6.07, 6.45) is -0.580. The van der Waals surface area contributed by atoms with Crippen LogP contribution in [0.4, 0.5) is 4.39 Å². The Morgan fingerprint density at radius 1 is 1.19 bits per heavy atom. The summed E-state index contributed by atoms with van der Waals surface area (Å²) in [7, 11) is 1.53. The minimum Gasteiger partial charge on any atom is -0.493 e. The van der Waals surface area contributed by atoms with Gasteiger partial charge in [0.2, 0.25) is 0 Å². The molecule has 0 aliphatic carbocycles. The largest absolute Gasteiger partial charge is 0.493 e. The van der Waals surface area contributed by atoms with Gasteiger partial charge in [-0.3, -0.25) is 0 Å². The van der Waals surface area contributed by atoms with Gasteiger partial charge >= 0.3 is 0 Å². The number of hydrogen-bond donors (Lipinski definition) is 1. The normalized spacial score (nSPS) is 12.0. The molecule has 0 saturated carbocycles. The first-order valence-electron chi connectivity index (χ1n) is 6.44. The summed E-state index contributed by atoms with van der Waals surface area (Å²) in [4.78, 5) is 0. The van der Waals surface area contributed by atoms with Gasteiger partial charge in [0, 0.05) is 0 Å². The van der Waals surface area contributed by atoms with Crippen LogP contribution in [0.5, 0.6) is 11.5 Å². The van der Waals surface area contributed by atoms with Crippen molar-refractivity contribution in [2.45, 2.75) is 19.6 Å². The second-order valence-corrected chi connectivity index (χ2v) is 5.03. The van der Waals surface area contributed by atoms with Crippen LogP contribution in [0.25, 0.3) is 0 Å². The first-order chi connectivity index (χ1) is 10.0. The fourth-order valence-corrected chi connectivity index (χ4v) is 2.06. The molecule has 2 rings (SSSR count). The standard InChI is InChI=1S/C16H16ClFO3/c1-10(19)12-4-6-15(16(8-12)20-2)21-9-11-3-5-14(18)13(17)7-11/h3-8,10,19H,9H2,1-2H3/t10-/m1/s1. The maximum absolute atomic E-state index is 13.1. The zero-order chi connectivity index (χ0) is 15.4. The third-order valence-electron chi connectivity index (χ3n) is 3.05. The molecule has 1 atom stereocenters. The van der Waals surface area contributed by atoms with Crippen molar-refractivity contribution in [3.8, 4) is 11.5 Å². The second kappa shape index (κ2) is 6.78. The first kappa shape index (κ1) is 15.6. The molecule has 0 aliphatic rings. The average Bonchev–Trinajstić information content (AvgIpc) is 2.48. The molecule has 21 heavy (non-hydrogen) atoms. The number of methoxy groups -OCH3 is 1. The van der Waals surface area contributed by atoms with Crippen LogP contribution in [-0.2, 0) is 6.61 Å². The first-order valence-corrected chi connectivity index (χ1v) is 6.81. The summed E-state index contributed by atoms with van der Waals surface area (Å²) >= 11 is 5.73. The molecule has 3 nitrogen and oxygen atoms in total. The number of ether oxygens (including phenoxy) is 2. The Bertz CT molecular complexity index is 629. The molecule has 2 aromatic rings. The zero-order valence-corrected chi connectivity index (χ0v) is 12.5. The van der Waals surface area contributed by atoms with E-state index in [9.17, 15) is 9.50 Å². The molecule has 0 amide bonds. The molecule has 0 saturated heterocycles. The topological polar surface area (TPSA) is 38.7 Å². The van der Waals surface area contributed by atoms with Crippen LogP contribution < -0.4 is 9.47 Å². The third kappa shape index (κ3) is 3.86. The van der Waals surface area contributed by atoms with E-state index in [1.165, 1.54) is 19.2 Å². The Kier molecular flexibility index (Phi) is 5.04. The fourth-order valence-electron chi connectivity index (χ4n) is 1.85. The predicted octanol–water partition coefficient (Wildman–Crippen LogP) is 4.12. The van der Waals surface area contributed by atoms with E-state index >= 15 is 0 Å². The SMILES string of the molecule is COc1cc([C@@H](C)O)ccc1OCc1ccc(F)c(Cl)c1. The lowest BCUT2D eigenvalue weighted by Gasteiger charge is -2.13. The van der Waals surface area contributed by atoms with Crippen molar-refractivity contribution in [3.63, 3.8) is 0 Å². The predicted molar refractivity (Wildman–Crippen MR) is 79.4 cm³/mol. The van der Waals surface area contributed by atoms with Crippen LogP contribution in [0.1, 0.15) is 24.2 Å². The maximum Gasteiger partial charge on any atom is 0.161 e. The van der Waals surface area contributed by atoms with Crippen LogP contribution in [0, 0.1) is 5.82 Å². The smallest absolute Gasteiger partial charge is 0.161 e. The van der Waals surface area contributed by atoms with Gasteiger partial charge in [0.1, 0.15) is 12.4 Å². The highest BCUT2D eigenvalue weighted by Crippen LogP contribution is 2.31. The van der Waals surface area contributed by atoms with Gasteiger partial charge in [0.05, 0.1) is 18.2 Å². The van der Waals surface area contributed by atoms with Crippen molar-refractivity contribution in [3.05, 3.63) is 58.4 Å². The summed E-state index contributed by atoms with van der Waals surface area (Å²) in [5.41, 5.74) is 1.49. The molecule has 5 heteroatoms.